The van der Waals surface area contributed by atoms with Gasteiger partial charge in [-0.2, -0.15) is 0 Å². The molecule has 4 nitrogen and oxygen atoms in total. The number of nitrogen functional groups attached to an aromatic ring is 1. The monoisotopic (exact) mass is 246 g/mol. The van der Waals surface area contributed by atoms with Crippen LogP contribution < -0.4 is 15.8 Å². The van der Waals surface area contributed by atoms with E-state index >= 15 is 0 Å². The minimum absolute atomic E-state index is 0.131. The standard InChI is InChI=1S/C14H18N2O2/c1-3-4-5-6-9-16-14(17)11-7-8-12(15)13(10-11)18-2/h1,7-8,10H,4-6,9,15H2,2H3,(H,16,17). The maximum Gasteiger partial charge on any atom is 0.251 e. The molecule has 1 aromatic carbocycles. The van der Waals surface area contributed by atoms with Crippen LogP contribution in [0, 0.1) is 12.3 Å². The Morgan fingerprint density at radius 2 is 2.28 bits per heavy atom. The van der Waals surface area contributed by atoms with E-state index in [9.17, 15) is 4.79 Å². The number of methoxy groups -OCH3 is 1. The first-order valence-corrected chi connectivity index (χ1v) is 5.84. The Labute approximate surface area is 108 Å². The number of anilines is 1. The fourth-order valence-corrected chi connectivity index (χ4v) is 1.51. The molecule has 96 valence electrons. The highest BCUT2D eigenvalue weighted by Gasteiger charge is 2.07. The molecule has 0 aliphatic carbocycles. The van der Waals surface area contributed by atoms with Crippen molar-refractivity contribution in [2.45, 2.75) is 19.3 Å². The molecule has 0 radical (unpaired) electrons. The van der Waals surface area contributed by atoms with Gasteiger partial charge in [0.2, 0.25) is 0 Å². The Morgan fingerprint density at radius 3 is 2.94 bits per heavy atom. The van der Waals surface area contributed by atoms with Crippen molar-refractivity contribution in [2.75, 3.05) is 19.4 Å². The lowest BCUT2D eigenvalue weighted by molar-refractivity contribution is 0.0952. The van der Waals surface area contributed by atoms with Crippen molar-refractivity contribution < 1.29 is 9.53 Å². The minimum Gasteiger partial charge on any atom is -0.495 e. The van der Waals surface area contributed by atoms with Crippen LogP contribution in [0.15, 0.2) is 18.2 Å². The van der Waals surface area contributed by atoms with E-state index in [1.54, 1.807) is 18.2 Å². The zero-order valence-electron chi connectivity index (χ0n) is 10.5. The molecule has 0 spiro atoms. The number of terminal acetylenes is 1. The van der Waals surface area contributed by atoms with Gasteiger partial charge < -0.3 is 15.8 Å². The topological polar surface area (TPSA) is 64.4 Å². The summed E-state index contributed by atoms with van der Waals surface area (Å²) < 4.78 is 5.07. The summed E-state index contributed by atoms with van der Waals surface area (Å²) in [5, 5.41) is 2.82. The van der Waals surface area contributed by atoms with Gasteiger partial charge in [0.1, 0.15) is 5.75 Å². The van der Waals surface area contributed by atoms with E-state index in [-0.39, 0.29) is 5.91 Å². The average molecular weight is 246 g/mol. The van der Waals surface area contributed by atoms with Gasteiger partial charge in [-0.1, -0.05) is 0 Å². The molecular weight excluding hydrogens is 228 g/mol. The van der Waals surface area contributed by atoms with Crippen LogP contribution in [0.3, 0.4) is 0 Å². The molecule has 0 bridgehead atoms. The van der Waals surface area contributed by atoms with Gasteiger partial charge in [0, 0.05) is 18.5 Å². The molecule has 0 saturated heterocycles. The Morgan fingerprint density at radius 1 is 1.50 bits per heavy atom. The quantitative estimate of drug-likeness (QED) is 0.457. The van der Waals surface area contributed by atoms with E-state index in [0.29, 0.717) is 23.5 Å². The lowest BCUT2D eigenvalue weighted by Crippen LogP contribution is -2.24. The maximum atomic E-state index is 11.8. The molecule has 0 aromatic heterocycles. The molecule has 0 atom stereocenters. The molecule has 0 aliphatic heterocycles. The second-order valence-corrected chi connectivity index (χ2v) is 3.87. The molecule has 1 amide bonds. The number of hydrogen-bond acceptors (Lipinski definition) is 3. The van der Waals surface area contributed by atoms with Crippen molar-refractivity contribution in [3.8, 4) is 18.1 Å². The third-order valence-electron chi connectivity index (χ3n) is 2.53. The Kier molecular flexibility index (Phi) is 5.59. The molecule has 3 N–H and O–H groups in total. The van der Waals surface area contributed by atoms with Gasteiger partial charge in [-0.25, -0.2) is 0 Å². The molecule has 18 heavy (non-hydrogen) atoms. The average Bonchev–Trinajstić information content (AvgIpc) is 2.38. The summed E-state index contributed by atoms with van der Waals surface area (Å²) in [4.78, 5) is 11.8. The normalized spacial score (nSPS) is 9.56. The molecule has 0 unspecified atom stereocenters. The van der Waals surface area contributed by atoms with E-state index in [0.717, 1.165) is 19.3 Å². The van der Waals surface area contributed by atoms with Crippen LogP contribution in [0.5, 0.6) is 5.75 Å². The van der Waals surface area contributed by atoms with Gasteiger partial charge >= 0.3 is 0 Å². The van der Waals surface area contributed by atoms with E-state index in [4.69, 9.17) is 16.9 Å². The van der Waals surface area contributed by atoms with E-state index in [1.807, 2.05) is 0 Å². The molecule has 4 heteroatoms. The number of unbranched alkanes of at least 4 members (excludes halogenated alkanes) is 2. The largest absolute Gasteiger partial charge is 0.495 e. The van der Waals surface area contributed by atoms with Crippen molar-refractivity contribution in [1.29, 1.82) is 0 Å². The van der Waals surface area contributed by atoms with Gasteiger partial charge in [0.05, 0.1) is 12.8 Å². The smallest absolute Gasteiger partial charge is 0.251 e. The number of hydrogen-bond donors (Lipinski definition) is 2. The van der Waals surface area contributed by atoms with Crippen LogP contribution in [0.2, 0.25) is 0 Å². The highest BCUT2D eigenvalue weighted by molar-refractivity contribution is 5.95. The van der Waals surface area contributed by atoms with Gasteiger partial charge in [0.25, 0.3) is 5.91 Å². The summed E-state index contributed by atoms with van der Waals surface area (Å²) >= 11 is 0. The molecule has 1 aromatic rings. The van der Waals surface area contributed by atoms with Crippen LogP contribution in [0.25, 0.3) is 0 Å². The van der Waals surface area contributed by atoms with Crippen molar-refractivity contribution in [3.63, 3.8) is 0 Å². The predicted molar refractivity (Wildman–Crippen MR) is 72.4 cm³/mol. The van der Waals surface area contributed by atoms with Crippen LogP contribution >= 0.6 is 0 Å². The first kappa shape index (κ1) is 13.9. The number of carbonyl (C=O) groups excluding carboxylic acids is 1. The lowest BCUT2D eigenvalue weighted by Gasteiger charge is -2.08. The van der Waals surface area contributed by atoms with Crippen molar-refractivity contribution in [3.05, 3.63) is 23.8 Å². The van der Waals surface area contributed by atoms with Crippen LogP contribution in [0.1, 0.15) is 29.6 Å². The van der Waals surface area contributed by atoms with Gasteiger partial charge in [-0.3, -0.25) is 4.79 Å². The second-order valence-electron chi connectivity index (χ2n) is 3.87. The van der Waals surface area contributed by atoms with Gasteiger partial charge in [0.15, 0.2) is 0 Å². The maximum absolute atomic E-state index is 11.8. The molecular formula is C14H18N2O2. The number of carbonyl (C=O) groups is 1. The Bertz CT molecular complexity index is 450. The third kappa shape index (κ3) is 4.02. The lowest BCUT2D eigenvalue weighted by atomic mass is 10.1. The van der Waals surface area contributed by atoms with Crippen LogP contribution in [0.4, 0.5) is 5.69 Å². The Balaban J connectivity index is 2.49. The number of nitrogens with one attached hydrogen (secondary N) is 1. The third-order valence-corrected chi connectivity index (χ3v) is 2.53. The highest BCUT2D eigenvalue weighted by atomic mass is 16.5. The zero-order chi connectivity index (χ0) is 13.4. The number of rotatable bonds is 6. The molecule has 0 saturated carbocycles. The second kappa shape index (κ2) is 7.23. The summed E-state index contributed by atoms with van der Waals surface area (Å²) in [7, 11) is 1.52. The first-order valence-electron chi connectivity index (χ1n) is 5.84. The van der Waals surface area contributed by atoms with Crippen LogP contribution in [-0.2, 0) is 0 Å². The first-order chi connectivity index (χ1) is 8.69. The SMILES string of the molecule is C#CCCCCNC(=O)c1ccc(N)c(OC)c1. The number of ether oxygens (including phenoxy) is 1. The molecule has 0 aliphatic rings. The predicted octanol–water partition coefficient (Wildman–Crippen LogP) is 1.81. The van der Waals surface area contributed by atoms with E-state index in [2.05, 4.69) is 11.2 Å². The summed E-state index contributed by atoms with van der Waals surface area (Å²) in [5.41, 5.74) is 6.74. The summed E-state index contributed by atoms with van der Waals surface area (Å²) in [6, 6.07) is 4.97. The van der Waals surface area contributed by atoms with E-state index in [1.165, 1.54) is 7.11 Å². The van der Waals surface area contributed by atoms with Gasteiger partial charge in [-0.05, 0) is 31.0 Å². The van der Waals surface area contributed by atoms with Crippen molar-refractivity contribution >= 4 is 11.6 Å². The molecule has 1 rings (SSSR count). The van der Waals surface area contributed by atoms with E-state index < -0.39 is 0 Å². The summed E-state index contributed by atoms with van der Waals surface area (Å²) in [6.07, 6.45) is 7.68. The fraction of sp³-hybridized carbons (Fsp3) is 0.357. The fourth-order valence-electron chi connectivity index (χ4n) is 1.51. The highest BCUT2D eigenvalue weighted by Crippen LogP contribution is 2.21. The Hall–Kier alpha value is -2.15. The molecule has 0 heterocycles. The van der Waals surface area contributed by atoms with Crippen LogP contribution in [-0.4, -0.2) is 19.6 Å². The number of amides is 1. The van der Waals surface area contributed by atoms with Crippen molar-refractivity contribution in [2.24, 2.45) is 0 Å². The summed E-state index contributed by atoms with van der Waals surface area (Å²) in [6.45, 7) is 0.618. The zero-order valence-corrected chi connectivity index (χ0v) is 10.5. The van der Waals surface area contributed by atoms with Crippen molar-refractivity contribution in [1.82, 2.24) is 5.32 Å². The minimum atomic E-state index is -0.131. The number of benzene rings is 1. The summed E-state index contributed by atoms with van der Waals surface area (Å²) in [5.74, 6) is 2.94. The molecule has 0 fully saturated rings. The van der Waals surface area contributed by atoms with Gasteiger partial charge in [-0.15, -0.1) is 12.3 Å². The number of nitrogens with two attached hydrogens (primary N) is 1.